The molecule has 1 aromatic rings. The zero-order chi connectivity index (χ0) is 10.2. The Morgan fingerprint density at radius 2 is 1.57 bits per heavy atom. The van der Waals surface area contributed by atoms with E-state index in [4.69, 9.17) is 0 Å². The lowest BCUT2D eigenvalue weighted by Gasteiger charge is -2.11. The Hall–Kier alpha value is -1.30. The molecule has 0 aliphatic heterocycles. The van der Waals surface area contributed by atoms with Gasteiger partial charge in [-0.05, 0) is 30.7 Å². The van der Waals surface area contributed by atoms with Crippen molar-refractivity contribution in [1.29, 1.82) is 0 Å². The summed E-state index contributed by atoms with van der Waals surface area (Å²) in [5.74, 6) is 0.535. The lowest BCUT2D eigenvalue weighted by atomic mass is 9.93. The first-order chi connectivity index (χ1) is 6.86. The highest BCUT2D eigenvalue weighted by Gasteiger charge is 2.05. The van der Waals surface area contributed by atoms with E-state index in [9.17, 15) is 0 Å². The maximum Gasteiger partial charge on any atom is -0.00560 e. The summed E-state index contributed by atoms with van der Waals surface area (Å²) in [5, 5.41) is 0. The molecule has 0 bridgehead atoms. The monoisotopic (exact) mass is 185 g/mol. The number of hydrogen-bond acceptors (Lipinski definition) is 0. The molecule has 0 saturated heterocycles. The third-order valence-electron chi connectivity index (χ3n) is 2.17. The van der Waals surface area contributed by atoms with Crippen molar-refractivity contribution < 1.29 is 0 Å². The van der Waals surface area contributed by atoms with E-state index in [0.717, 1.165) is 12.8 Å². The molecule has 0 nitrogen and oxygen atoms in total. The molecule has 1 rings (SSSR count). The van der Waals surface area contributed by atoms with Crippen LogP contribution < -0.4 is 0 Å². The summed E-state index contributed by atoms with van der Waals surface area (Å²) in [6.45, 7) is 7.54. The van der Waals surface area contributed by atoms with E-state index in [2.05, 4.69) is 43.8 Å². The van der Waals surface area contributed by atoms with Crippen LogP contribution in [0.25, 0.3) is 0 Å². The minimum absolute atomic E-state index is 0.535. The first kappa shape index (κ1) is 10.8. The minimum Gasteiger partial charge on any atom is -0.103 e. The highest BCUT2D eigenvalue weighted by molar-refractivity contribution is 5.23. The lowest BCUT2D eigenvalue weighted by Crippen LogP contribution is -1.99. The fourth-order valence-corrected chi connectivity index (χ4v) is 1.50. The Morgan fingerprint density at radius 3 is 2.07 bits per heavy atom. The molecule has 0 saturated carbocycles. The normalized spacial score (nSPS) is 10.1. The van der Waals surface area contributed by atoms with Crippen LogP contribution in [0.4, 0.5) is 0 Å². The second-order valence-electron chi connectivity index (χ2n) is 3.39. The molecule has 0 amide bonds. The summed E-state index contributed by atoms with van der Waals surface area (Å²) in [4.78, 5) is 0. The molecule has 0 unspecified atom stereocenters. The molecule has 0 spiro atoms. The Kier molecular flexibility index (Phi) is 4.77. The van der Waals surface area contributed by atoms with Crippen LogP contribution in [-0.2, 0) is 0 Å². The highest BCUT2D eigenvalue weighted by Crippen LogP contribution is 2.18. The van der Waals surface area contributed by atoms with Crippen molar-refractivity contribution >= 4 is 0 Å². The third kappa shape index (κ3) is 3.61. The van der Waals surface area contributed by atoms with Gasteiger partial charge in [-0.25, -0.2) is 0 Å². The van der Waals surface area contributed by atoms with Crippen LogP contribution in [0.15, 0.2) is 55.6 Å². The van der Waals surface area contributed by atoms with Gasteiger partial charge >= 0.3 is 0 Å². The summed E-state index contributed by atoms with van der Waals surface area (Å²) in [7, 11) is 0. The van der Waals surface area contributed by atoms with Crippen molar-refractivity contribution in [3.05, 3.63) is 67.6 Å². The third-order valence-corrected chi connectivity index (χ3v) is 2.17. The molecule has 0 heterocycles. The lowest BCUT2D eigenvalue weighted by molar-refractivity contribution is 0.638. The van der Waals surface area contributed by atoms with Crippen molar-refractivity contribution in [1.82, 2.24) is 0 Å². The van der Waals surface area contributed by atoms with Gasteiger partial charge < -0.3 is 0 Å². The second-order valence-corrected chi connectivity index (χ2v) is 3.39. The standard InChI is InChI=1S/C14H17/c1-3-8-13(9-4-2)12-14-10-6-5-7-11-14/h3-7,10-13H,1-2,8-9H2. The predicted octanol–water partition coefficient (Wildman–Crippen LogP) is 4.01. The molecular formula is C14H17. The van der Waals surface area contributed by atoms with Gasteiger partial charge in [-0.15, -0.1) is 13.2 Å². The predicted molar refractivity (Wildman–Crippen MR) is 63.0 cm³/mol. The molecule has 1 radical (unpaired) electrons. The largest absolute Gasteiger partial charge is 0.103 e. The number of hydrogen-bond donors (Lipinski definition) is 0. The molecule has 1 aromatic carbocycles. The smallest absolute Gasteiger partial charge is 0.00560 e. The van der Waals surface area contributed by atoms with Gasteiger partial charge in [0.1, 0.15) is 0 Å². The van der Waals surface area contributed by atoms with Crippen LogP contribution in [-0.4, -0.2) is 0 Å². The molecule has 0 heteroatoms. The van der Waals surface area contributed by atoms with Crippen LogP contribution in [0.3, 0.4) is 0 Å². The van der Waals surface area contributed by atoms with E-state index < -0.39 is 0 Å². The van der Waals surface area contributed by atoms with Crippen LogP contribution >= 0.6 is 0 Å². The van der Waals surface area contributed by atoms with Gasteiger partial charge in [0, 0.05) is 0 Å². The zero-order valence-electron chi connectivity index (χ0n) is 8.52. The van der Waals surface area contributed by atoms with E-state index >= 15 is 0 Å². The number of rotatable bonds is 6. The Morgan fingerprint density at radius 1 is 1.00 bits per heavy atom. The Labute approximate surface area is 87.0 Å². The molecule has 0 atom stereocenters. The van der Waals surface area contributed by atoms with Crippen LogP contribution in [0.1, 0.15) is 18.4 Å². The molecule has 0 aromatic heterocycles. The van der Waals surface area contributed by atoms with E-state index in [1.807, 2.05) is 18.2 Å². The van der Waals surface area contributed by atoms with Crippen LogP contribution in [0.5, 0.6) is 0 Å². The van der Waals surface area contributed by atoms with Crippen LogP contribution in [0.2, 0.25) is 0 Å². The number of benzene rings is 1. The van der Waals surface area contributed by atoms with Gasteiger partial charge in [0.05, 0.1) is 0 Å². The van der Waals surface area contributed by atoms with Gasteiger partial charge in [-0.1, -0.05) is 42.5 Å². The van der Waals surface area contributed by atoms with Gasteiger partial charge in [-0.3, -0.25) is 0 Å². The topological polar surface area (TPSA) is 0 Å². The van der Waals surface area contributed by atoms with Crippen molar-refractivity contribution in [2.45, 2.75) is 12.8 Å². The molecule has 0 fully saturated rings. The molecule has 0 aliphatic carbocycles. The van der Waals surface area contributed by atoms with Crippen molar-refractivity contribution in [3.8, 4) is 0 Å². The maximum absolute atomic E-state index is 3.77. The van der Waals surface area contributed by atoms with E-state index in [-0.39, 0.29) is 0 Å². The Balaban J connectivity index is 2.54. The van der Waals surface area contributed by atoms with Crippen LogP contribution in [0, 0.1) is 12.3 Å². The summed E-state index contributed by atoms with van der Waals surface area (Å²) < 4.78 is 0. The average molecular weight is 185 g/mol. The first-order valence-corrected chi connectivity index (χ1v) is 4.98. The Bertz CT molecular complexity index is 261. The molecule has 0 N–H and O–H groups in total. The summed E-state index contributed by atoms with van der Waals surface area (Å²) in [5.41, 5.74) is 1.28. The minimum atomic E-state index is 0.535. The molecular weight excluding hydrogens is 168 g/mol. The van der Waals surface area contributed by atoms with E-state index in [1.54, 1.807) is 0 Å². The quantitative estimate of drug-likeness (QED) is 0.587. The molecule has 14 heavy (non-hydrogen) atoms. The number of allylic oxidation sites excluding steroid dienone is 2. The van der Waals surface area contributed by atoms with Gasteiger partial charge in [0.2, 0.25) is 0 Å². The van der Waals surface area contributed by atoms with E-state index in [0.29, 0.717) is 5.92 Å². The van der Waals surface area contributed by atoms with Crippen molar-refractivity contribution in [2.24, 2.45) is 5.92 Å². The highest BCUT2D eigenvalue weighted by atomic mass is 14.1. The SMILES string of the molecule is C=CCC([CH]c1ccccc1)CC=C. The molecule has 0 aliphatic rings. The van der Waals surface area contributed by atoms with Gasteiger partial charge in [-0.2, -0.15) is 0 Å². The molecule has 73 valence electrons. The summed E-state index contributed by atoms with van der Waals surface area (Å²) >= 11 is 0. The van der Waals surface area contributed by atoms with Gasteiger partial charge in [0.25, 0.3) is 0 Å². The van der Waals surface area contributed by atoms with E-state index in [1.165, 1.54) is 5.56 Å². The van der Waals surface area contributed by atoms with Crippen molar-refractivity contribution in [2.75, 3.05) is 0 Å². The summed E-state index contributed by atoms with van der Waals surface area (Å²) in [6, 6.07) is 10.4. The zero-order valence-corrected chi connectivity index (χ0v) is 8.52. The maximum atomic E-state index is 3.77. The van der Waals surface area contributed by atoms with Crippen molar-refractivity contribution in [3.63, 3.8) is 0 Å². The summed E-state index contributed by atoms with van der Waals surface area (Å²) in [6.07, 6.45) is 8.24. The second kappa shape index (κ2) is 6.20. The first-order valence-electron chi connectivity index (χ1n) is 4.98. The fourth-order valence-electron chi connectivity index (χ4n) is 1.50. The van der Waals surface area contributed by atoms with Gasteiger partial charge in [0.15, 0.2) is 0 Å². The average Bonchev–Trinajstić information content (AvgIpc) is 2.20. The fraction of sp³-hybridized carbons (Fsp3) is 0.214.